The van der Waals surface area contributed by atoms with Crippen LogP contribution in [0, 0.1) is 6.92 Å². The van der Waals surface area contributed by atoms with Gasteiger partial charge in [0.05, 0.1) is 5.44 Å². The summed E-state index contributed by atoms with van der Waals surface area (Å²) < 4.78 is 29.5. The van der Waals surface area contributed by atoms with E-state index >= 15 is 0 Å². The molecule has 2 heterocycles. The van der Waals surface area contributed by atoms with Crippen LogP contribution < -0.4 is 10.6 Å². The van der Waals surface area contributed by atoms with Gasteiger partial charge in [-0.2, -0.15) is 8.78 Å². The smallest absolute Gasteiger partial charge is 0.346 e. The minimum Gasteiger partial charge on any atom is -0.346 e. The number of carbonyl (C=O) groups excluding carboxylic acids is 4. The van der Waals surface area contributed by atoms with Crippen LogP contribution >= 0.6 is 11.6 Å². The number of nitrogens with one attached hydrogen (secondary N) is 2. The maximum absolute atomic E-state index is 14.7. The third-order valence-corrected chi connectivity index (χ3v) is 6.90. The Kier molecular flexibility index (Phi) is 5.97. The quantitative estimate of drug-likeness (QED) is 0.496. The topological polar surface area (TPSA) is 95.6 Å². The molecule has 0 spiro atoms. The van der Waals surface area contributed by atoms with Crippen molar-refractivity contribution in [2.45, 2.75) is 44.2 Å². The molecule has 7 nitrogen and oxygen atoms in total. The van der Waals surface area contributed by atoms with Crippen LogP contribution in [0.1, 0.15) is 45.5 Å². The molecule has 0 bridgehead atoms. The number of hydrogen-bond acceptors (Lipinski definition) is 4. The van der Waals surface area contributed by atoms with Crippen LogP contribution in [0.15, 0.2) is 36.4 Å². The van der Waals surface area contributed by atoms with Crippen molar-refractivity contribution in [2.75, 3.05) is 0 Å². The average molecular weight is 488 g/mol. The van der Waals surface area contributed by atoms with Crippen molar-refractivity contribution in [3.05, 3.63) is 69.2 Å². The van der Waals surface area contributed by atoms with Gasteiger partial charge in [-0.25, -0.2) is 0 Å². The van der Waals surface area contributed by atoms with Gasteiger partial charge in [0.2, 0.25) is 11.8 Å². The highest BCUT2D eigenvalue weighted by Gasteiger charge is 2.48. The van der Waals surface area contributed by atoms with Gasteiger partial charge in [0.1, 0.15) is 7.85 Å². The minimum atomic E-state index is -3.78. The third-order valence-electron chi connectivity index (χ3n) is 6.49. The van der Waals surface area contributed by atoms with E-state index in [1.165, 1.54) is 24.0 Å². The molecule has 0 radical (unpaired) electrons. The molecule has 1 fully saturated rings. The van der Waals surface area contributed by atoms with Gasteiger partial charge in [0.15, 0.2) is 0 Å². The van der Waals surface area contributed by atoms with Gasteiger partial charge in [0, 0.05) is 35.7 Å². The number of alkyl halides is 2. The summed E-state index contributed by atoms with van der Waals surface area (Å²) in [5.74, 6) is -6.50. The summed E-state index contributed by atoms with van der Waals surface area (Å²) in [6.07, 6.45) is 0.332. The summed E-state index contributed by atoms with van der Waals surface area (Å²) in [5.41, 5.74) is 0.0114. The Morgan fingerprint density at radius 3 is 2.71 bits per heavy atom. The number of piperidine rings is 1. The number of amides is 4. The fourth-order valence-corrected chi connectivity index (χ4v) is 4.47. The molecule has 2 aliphatic rings. The first kappa shape index (κ1) is 23.9. The zero-order valence-corrected chi connectivity index (χ0v) is 19.3. The molecule has 176 valence electrons. The summed E-state index contributed by atoms with van der Waals surface area (Å²) in [6.45, 7) is 1.37. The van der Waals surface area contributed by atoms with Crippen LogP contribution in [-0.4, -0.2) is 41.8 Å². The van der Waals surface area contributed by atoms with Gasteiger partial charge in [-0.1, -0.05) is 35.9 Å². The zero-order chi connectivity index (χ0) is 24.8. The standard InChI is InChI=1S/C23H21BClF2N3O4/c1-12-16(3-2-4-17(12)25)23(26,27)21(34)28-10-13-5-6-15-14(9-13)11-30(19(15)32)22(24)8-7-18(31)29-20(22)33/h2-6,9H,7-8,10-11,24H2,1H3,(H,28,34)(H,29,31,33)/t22-/m0/s1. The maximum atomic E-state index is 14.7. The number of halogens is 3. The molecule has 2 N–H and O–H groups in total. The molecular formula is C23H21BClF2N3O4. The summed E-state index contributed by atoms with van der Waals surface area (Å²) in [4.78, 5) is 50.6. The van der Waals surface area contributed by atoms with Crippen LogP contribution in [-0.2, 0) is 33.4 Å². The molecule has 2 aromatic carbocycles. The summed E-state index contributed by atoms with van der Waals surface area (Å²) in [6, 6.07) is 8.75. The van der Waals surface area contributed by atoms with Gasteiger partial charge >= 0.3 is 5.92 Å². The molecule has 1 atom stereocenters. The Morgan fingerprint density at radius 2 is 2.00 bits per heavy atom. The molecule has 4 rings (SSSR count). The highest BCUT2D eigenvalue weighted by Crippen LogP contribution is 2.35. The fraction of sp³-hybridized carbons (Fsp3) is 0.304. The number of carbonyl (C=O) groups is 4. The lowest BCUT2D eigenvalue weighted by molar-refractivity contribution is -0.147. The number of hydrogen-bond donors (Lipinski definition) is 2. The van der Waals surface area contributed by atoms with Crippen molar-refractivity contribution < 1.29 is 28.0 Å². The normalized spacial score (nSPS) is 20.2. The number of imide groups is 1. The summed E-state index contributed by atoms with van der Waals surface area (Å²) >= 11 is 5.92. The molecule has 0 saturated carbocycles. The van der Waals surface area contributed by atoms with E-state index in [-0.39, 0.29) is 48.3 Å². The number of rotatable bonds is 5. The highest BCUT2D eigenvalue weighted by atomic mass is 35.5. The van der Waals surface area contributed by atoms with E-state index in [4.69, 9.17) is 11.6 Å². The summed E-state index contributed by atoms with van der Waals surface area (Å²) in [5, 5.41) is 4.66. The van der Waals surface area contributed by atoms with Crippen molar-refractivity contribution in [3.63, 3.8) is 0 Å². The van der Waals surface area contributed by atoms with Crippen molar-refractivity contribution in [1.29, 1.82) is 0 Å². The van der Waals surface area contributed by atoms with Crippen molar-refractivity contribution in [2.24, 2.45) is 0 Å². The molecule has 1 saturated heterocycles. The molecule has 4 amide bonds. The second-order valence-corrected chi connectivity index (χ2v) is 9.11. The Morgan fingerprint density at radius 1 is 1.26 bits per heavy atom. The van der Waals surface area contributed by atoms with Crippen LogP contribution in [0.3, 0.4) is 0 Å². The first-order valence-electron chi connectivity index (χ1n) is 10.6. The summed E-state index contributed by atoms with van der Waals surface area (Å²) in [7, 11) is 1.61. The minimum absolute atomic E-state index is 0.125. The second kappa shape index (κ2) is 8.50. The zero-order valence-electron chi connectivity index (χ0n) is 18.5. The maximum Gasteiger partial charge on any atom is 0.350 e. The molecule has 2 aromatic rings. The van der Waals surface area contributed by atoms with Gasteiger partial charge < -0.3 is 10.2 Å². The van der Waals surface area contributed by atoms with Gasteiger partial charge in [-0.15, -0.1) is 0 Å². The average Bonchev–Trinajstić information content (AvgIpc) is 3.13. The van der Waals surface area contributed by atoms with Gasteiger partial charge in [-0.05, 0) is 42.2 Å². The van der Waals surface area contributed by atoms with Crippen LogP contribution in [0.2, 0.25) is 5.02 Å². The van der Waals surface area contributed by atoms with Crippen molar-refractivity contribution in [3.8, 4) is 0 Å². The largest absolute Gasteiger partial charge is 0.350 e. The lowest BCUT2D eigenvalue weighted by atomic mass is 9.70. The van der Waals surface area contributed by atoms with Crippen molar-refractivity contribution in [1.82, 2.24) is 15.5 Å². The first-order chi connectivity index (χ1) is 15.9. The Balaban J connectivity index is 1.48. The second-order valence-electron chi connectivity index (χ2n) is 8.70. The van der Waals surface area contributed by atoms with E-state index in [0.29, 0.717) is 16.7 Å². The third kappa shape index (κ3) is 3.96. The fourth-order valence-electron chi connectivity index (χ4n) is 4.30. The molecular weight excluding hydrogens is 467 g/mol. The van der Waals surface area contributed by atoms with E-state index in [9.17, 15) is 28.0 Å². The molecule has 11 heteroatoms. The molecule has 0 unspecified atom stereocenters. The van der Waals surface area contributed by atoms with Crippen molar-refractivity contribution >= 4 is 43.1 Å². The molecule has 0 aromatic heterocycles. The van der Waals surface area contributed by atoms with E-state index in [1.54, 1.807) is 26.0 Å². The SMILES string of the molecule is B[C@]1(N2Cc3cc(CNC(=O)C(F)(F)c4cccc(Cl)c4C)ccc3C2=O)CCC(=O)NC1=O. The Bertz CT molecular complexity index is 1240. The molecule has 0 aliphatic carbocycles. The first-order valence-corrected chi connectivity index (χ1v) is 11.0. The van der Waals surface area contributed by atoms with E-state index in [0.717, 1.165) is 6.07 Å². The van der Waals surface area contributed by atoms with E-state index < -0.39 is 28.7 Å². The lowest BCUT2D eigenvalue weighted by Crippen LogP contribution is -2.63. The number of fused-ring (bicyclic) bond motifs is 1. The Hall–Kier alpha value is -3.27. The monoisotopic (exact) mass is 487 g/mol. The molecule has 34 heavy (non-hydrogen) atoms. The van der Waals surface area contributed by atoms with Crippen LogP contribution in [0.4, 0.5) is 8.78 Å². The predicted octanol–water partition coefficient (Wildman–Crippen LogP) is 1.78. The van der Waals surface area contributed by atoms with E-state index in [1.807, 2.05) is 0 Å². The highest BCUT2D eigenvalue weighted by molar-refractivity contribution is 6.32. The van der Waals surface area contributed by atoms with Crippen LogP contribution in [0.25, 0.3) is 0 Å². The Labute approximate surface area is 200 Å². The van der Waals surface area contributed by atoms with Gasteiger partial charge in [0.25, 0.3) is 11.8 Å². The number of benzene rings is 2. The predicted molar refractivity (Wildman–Crippen MR) is 122 cm³/mol. The lowest BCUT2D eigenvalue weighted by Gasteiger charge is -2.39. The molecule has 2 aliphatic heterocycles. The van der Waals surface area contributed by atoms with Gasteiger partial charge in [-0.3, -0.25) is 24.5 Å². The number of nitrogens with zero attached hydrogens (tertiary/aromatic N) is 1. The van der Waals surface area contributed by atoms with E-state index in [2.05, 4.69) is 10.6 Å². The van der Waals surface area contributed by atoms with Crippen LogP contribution in [0.5, 0.6) is 0 Å².